The van der Waals surface area contributed by atoms with Crippen molar-refractivity contribution in [3.05, 3.63) is 88.2 Å². The molecule has 2 heterocycles. The van der Waals surface area contributed by atoms with E-state index in [1.807, 2.05) is 19.9 Å². The molecule has 4 rings (SSSR count). The Morgan fingerprint density at radius 3 is 2.16 bits per heavy atom. The Hall–Kier alpha value is -3.93. The molecule has 1 saturated heterocycles. The molecule has 6 nitrogen and oxygen atoms in total. The van der Waals surface area contributed by atoms with Gasteiger partial charge < -0.3 is 4.57 Å². The first kappa shape index (κ1) is 21.3. The van der Waals surface area contributed by atoms with Gasteiger partial charge in [-0.2, -0.15) is 0 Å². The fourth-order valence-electron chi connectivity index (χ4n) is 4.16. The summed E-state index contributed by atoms with van der Waals surface area (Å²) in [6, 6.07) is 16.2. The van der Waals surface area contributed by atoms with Crippen LogP contribution in [-0.4, -0.2) is 34.4 Å². The maximum atomic E-state index is 13.2. The molecule has 162 valence electrons. The quantitative estimate of drug-likeness (QED) is 0.449. The SMILES string of the molecule is Cc1ccc(-n2c(C)cc(/C=C3\C(=O)N(C)C(=O)N(c4ccccc4)C3=O)c2C)c(C)c1. The van der Waals surface area contributed by atoms with Crippen LogP contribution >= 0.6 is 0 Å². The molecule has 0 unspecified atom stereocenters. The van der Waals surface area contributed by atoms with E-state index in [-0.39, 0.29) is 5.57 Å². The Balaban J connectivity index is 1.82. The molecule has 0 bridgehead atoms. The maximum Gasteiger partial charge on any atom is 0.338 e. The van der Waals surface area contributed by atoms with Gasteiger partial charge in [0.2, 0.25) is 0 Å². The van der Waals surface area contributed by atoms with Crippen LogP contribution in [0.3, 0.4) is 0 Å². The second-order valence-electron chi connectivity index (χ2n) is 8.13. The van der Waals surface area contributed by atoms with Crippen molar-refractivity contribution in [2.75, 3.05) is 11.9 Å². The zero-order valence-corrected chi connectivity index (χ0v) is 18.8. The summed E-state index contributed by atoms with van der Waals surface area (Å²) >= 11 is 0. The number of hydrogen-bond acceptors (Lipinski definition) is 3. The largest absolute Gasteiger partial charge is 0.338 e. The molecular weight excluding hydrogens is 402 g/mol. The highest BCUT2D eigenvalue weighted by Gasteiger charge is 2.41. The number of carbonyl (C=O) groups is 3. The van der Waals surface area contributed by atoms with Crippen LogP contribution in [0, 0.1) is 27.7 Å². The molecule has 0 N–H and O–H groups in total. The van der Waals surface area contributed by atoms with Crippen LogP contribution in [0.4, 0.5) is 10.5 Å². The molecule has 1 aromatic heterocycles. The number of imide groups is 2. The molecule has 0 saturated carbocycles. The van der Waals surface area contributed by atoms with E-state index in [9.17, 15) is 14.4 Å². The summed E-state index contributed by atoms with van der Waals surface area (Å²) in [5.41, 5.74) is 6.41. The second kappa shape index (κ2) is 7.96. The number of aryl methyl sites for hydroxylation is 3. The molecule has 0 aliphatic carbocycles. The van der Waals surface area contributed by atoms with Gasteiger partial charge >= 0.3 is 6.03 Å². The van der Waals surface area contributed by atoms with Gasteiger partial charge in [0.25, 0.3) is 11.8 Å². The first-order chi connectivity index (χ1) is 15.2. The number of urea groups is 1. The molecule has 4 amide bonds. The average molecular weight is 428 g/mol. The molecule has 6 heteroatoms. The Morgan fingerprint density at radius 2 is 1.50 bits per heavy atom. The molecule has 1 aliphatic rings. The lowest BCUT2D eigenvalue weighted by Gasteiger charge is -2.31. The first-order valence-corrected chi connectivity index (χ1v) is 10.4. The fraction of sp³-hybridized carbons (Fsp3) is 0.192. The van der Waals surface area contributed by atoms with Crippen molar-refractivity contribution in [1.29, 1.82) is 0 Å². The lowest BCUT2D eigenvalue weighted by atomic mass is 10.1. The number of carbonyl (C=O) groups excluding carboxylic acids is 3. The zero-order valence-electron chi connectivity index (χ0n) is 18.8. The third kappa shape index (κ3) is 3.43. The van der Waals surface area contributed by atoms with Gasteiger partial charge in [-0.05, 0) is 69.2 Å². The van der Waals surface area contributed by atoms with Gasteiger partial charge in [0, 0.05) is 24.1 Å². The maximum absolute atomic E-state index is 13.2. The Bertz CT molecular complexity index is 1290. The van der Waals surface area contributed by atoms with Crippen molar-refractivity contribution in [2.45, 2.75) is 27.7 Å². The number of rotatable bonds is 3. The van der Waals surface area contributed by atoms with Crippen LogP contribution in [0.2, 0.25) is 0 Å². The minimum absolute atomic E-state index is 0.0446. The van der Waals surface area contributed by atoms with Crippen LogP contribution in [0.1, 0.15) is 28.1 Å². The zero-order chi connectivity index (χ0) is 23.2. The van der Waals surface area contributed by atoms with Crippen molar-refractivity contribution in [3.63, 3.8) is 0 Å². The standard InChI is InChI=1S/C26H25N3O3/c1-16-11-12-23(17(2)13-16)28-18(3)14-20(19(28)4)15-22-24(30)27(5)26(32)29(25(22)31)21-9-7-6-8-10-21/h6-15H,1-5H3/b22-15+. The predicted molar refractivity (Wildman–Crippen MR) is 125 cm³/mol. The van der Waals surface area contributed by atoms with Gasteiger partial charge in [0.1, 0.15) is 5.57 Å². The molecule has 2 aromatic carbocycles. The number of para-hydroxylation sites is 1. The van der Waals surface area contributed by atoms with E-state index >= 15 is 0 Å². The number of hydrogen-bond donors (Lipinski definition) is 0. The molecule has 1 fully saturated rings. The van der Waals surface area contributed by atoms with Gasteiger partial charge in [-0.3, -0.25) is 14.5 Å². The highest BCUT2D eigenvalue weighted by Crippen LogP contribution is 2.28. The van der Waals surface area contributed by atoms with Crippen LogP contribution < -0.4 is 4.90 Å². The number of likely N-dealkylation sites (N-methyl/N-ethyl adjacent to an activating group) is 1. The van der Waals surface area contributed by atoms with Crippen LogP contribution in [-0.2, 0) is 9.59 Å². The number of amides is 4. The number of nitrogens with zero attached hydrogens (tertiary/aromatic N) is 3. The number of benzene rings is 2. The minimum Gasteiger partial charge on any atom is -0.318 e. The van der Waals surface area contributed by atoms with Crippen molar-refractivity contribution in [2.24, 2.45) is 0 Å². The van der Waals surface area contributed by atoms with Crippen LogP contribution in [0.5, 0.6) is 0 Å². The van der Waals surface area contributed by atoms with E-state index in [4.69, 9.17) is 0 Å². The second-order valence-corrected chi connectivity index (χ2v) is 8.13. The molecular formula is C26H25N3O3. The topological polar surface area (TPSA) is 62.6 Å². The third-order valence-electron chi connectivity index (χ3n) is 5.82. The average Bonchev–Trinajstić information content (AvgIpc) is 3.04. The lowest BCUT2D eigenvalue weighted by Crippen LogP contribution is -2.55. The summed E-state index contributed by atoms with van der Waals surface area (Å²) in [7, 11) is 1.39. The van der Waals surface area contributed by atoms with Crippen molar-refractivity contribution < 1.29 is 14.4 Å². The smallest absolute Gasteiger partial charge is 0.318 e. The summed E-state index contributed by atoms with van der Waals surface area (Å²) < 4.78 is 2.11. The minimum atomic E-state index is -0.663. The molecule has 0 radical (unpaired) electrons. The summed E-state index contributed by atoms with van der Waals surface area (Å²) in [4.78, 5) is 40.8. The van der Waals surface area contributed by atoms with Gasteiger partial charge in [-0.25, -0.2) is 9.69 Å². The fourth-order valence-corrected chi connectivity index (χ4v) is 4.16. The highest BCUT2D eigenvalue weighted by molar-refractivity contribution is 6.39. The first-order valence-electron chi connectivity index (χ1n) is 10.4. The van der Waals surface area contributed by atoms with Gasteiger partial charge in [-0.1, -0.05) is 35.9 Å². The van der Waals surface area contributed by atoms with Crippen LogP contribution in [0.15, 0.2) is 60.2 Å². The predicted octanol–water partition coefficient (Wildman–Crippen LogP) is 4.72. The van der Waals surface area contributed by atoms with Crippen molar-refractivity contribution in [1.82, 2.24) is 9.47 Å². The third-order valence-corrected chi connectivity index (χ3v) is 5.82. The van der Waals surface area contributed by atoms with E-state index < -0.39 is 17.8 Å². The monoisotopic (exact) mass is 427 g/mol. The molecule has 32 heavy (non-hydrogen) atoms. The van der Waals surface area contributed by atoms with E-state index in [1.54, 1.807) is 36.4 Å². The Morgan fingerprint density at radius 1 is 0.812 bits per heavy atom. The Kier molecular flexibility index (Phi) is 5.30. The van der Waals surface area contributed by atoms with Gasteiger partial charge in [0.05, 0.1) is 5.69 Å². The summed E-state index contributed by atoms with van der Waals surface area (Å²) in [5, 5.41) is 0. The summed E-state index contributed by atoms with van der Waals surface area (Å²) in [6.07, 6.45) is 1.59. The van der Waals surface area contributed by atoms with Crippen molar-refractivity contribution >= 4 is 29.6 Å². The number of aromatic nitrogens is 1. The Labute approximate surface area is 187 Å². The molecule has 3 aromatic rings. The van der Waals surface area contributed by atoms with Crippen molar-refractivity contribution in [3.8, 4) is 5.69 Å². The molecule has 0 spiro atoms. The van der Waals surface area contributed by atoms with Gasteiger partial charge in [-0.15, -0.1) is 0 Å². The normalized spacial score (nSPS) is 15.8. The summed E-state index contributed by atoms with van der Waals surface area (Å²) in [6.45, 7) is 8.06. The van der Waals surface area contributed by atoms with E-state index in [0.717, 1.165) is 38.0 Å². The van der Waals surface area contributed by atoms with E-state index in [2.05, 4.69) is 36.6 Å². The lowest BCUT2D eigenvalue weighted by molar-refractivity contribution is -0.128. The highest BCUT2D eigenvalue weighted by atomic mass is 16.2. The summed E-state index contributed by atoms with van der Waals surface area (Å²) in [5.74, 6) is -1.23. The van der Waals surface area contributed by atoms with E-state index in [1.165, 1.54) is 12.6 Å². The van der Waals surface area contributed by atoms with Gasteiger partial charge in [0.15, 0.2) is 0 Å². The van der Waals surface area contributed by atoms with Crippen LogP contribution in [0.25, 0.3) is 11.8 Å². The number of anilines is 1. The molecule has 0 atom stereocenters. The molecule has 1 aliphatic heterocycles. The number of barbiturate groups is 1. The van der Waals surface area contributed by atoms with E-state index in [0.29, 0.717) is 5.69 Å².